The van der Waals surface area contributed by atoms with E-state index in [2.05, 4.69) is 33.3 Å². The van der Waals surface area contributed by atoms with Crippen LogP contribution < -0.4 is 5.32 Å². The molecule has 162 valence electrons. The van der Waals surface area contributed by atoms with Crippen molar-refractivity contribution in [1.82, 2.24) is 15.1 Å². The molecule has 2 bridgehead atoms. The van der Waals surface area contributed by atoms with E-state index >= 15 is 0 Å². The number of rotatable bonds is 7. The molecule has 2 aromatic carbocycles. The van der Waals surface area contributed by atoms with E-state index in [0.717, 1.165) is 49.7 Å². The maximum atomic E-state index is 12.4. The number of hydrogen-bond donors (Lipinski definition) is 1. The molecular weight excluding hydrogens is 412 g/mol. The molecule has 2 aliphatic heterocycles. The second-order valence-corrected chi connectivity index (χ2v) is 8.73. The van der Waals surface area contributed by atoms with Crippen molar-refractivity contribution >= 4 is 17.5 Å². The summed E-state index contributed by atoms with van der Waals surface area (Å²) < 4.78 is 6.12. The van der Waals surface area contributed by atoms with Crippen molar-refractivity contribution in [3.05, 3.63) is 70.2 Å². The van der Waals surface area contributed by atoms with E-state index in [1.165, 1.54) is 5.56 Å². The Morgan fingerprint density at radius 1 is 1.00 bits per heavy atom. The van der Waals surface area contributed by atoms with Crippen LogP contribution >= 0.6 is 11.6 Å². The second-order valence-electron chi connectivity index (χ2n) is 8.30. The van der Waals surface area contributed by atoms with Crippen LogP contribution in [0.5, 0.6) is 0 Å². The fraction of sp³-hybridized carbons (Fsp3) is 0.417. The standard InChI is InChI=1S/C24H27ClN4O2/c25-21-7-5-18(6-8-21)9-10-28-13-22-15-29(16-23(14-28)31-22)17-24(30)27-12-20-3-1-19(11-26)2-4-20/h1-8,22-23H,9-10,12-17H2,(H,27,30). The van der Waals surface area contributed by atoms with Crippen LogP contribution in [0.1, 0.15) is 16.7 Å². The first-order valence-corrected chi connectivity index (χ1v) is 11.1. The van der Waals surface area contributed by atoms with Gasteiger partial charge in [0.25, 0.3) is 0 Å². The SMILES string of the molecule is N#Cc1ccc(CNC(=O)CN2CC3CN(CCc4ccc(Cl)cc4)CC(C2)O3)cc1. The first kappa shape index (κ1) is 21.8. The molecule has 6 nitrogen and oxygen atoms in total. The molecule has 0 aromatic heterocycles. The fourth-order valence-electron chi connectivity index (χ4n) is 4.27. The van der Waals surface area contributed by atoms with E-state index in [4.69, 9.17) is 21.6 Å². The van der Waals surface area contributed by atoms with E-state index in [1.54, 1.807) is 12.1 Å². The van der Waals surface area contributed by atoms with E-state index < -0.39 is 0 Å². The Kier molecular flexibility index (Phi) is 7.21. The zero-order valence-corrected chi connectivity index (χ0v) is 18.2. The van der Waals surface area contributed by atoms with Crippen LogP contribution in [0.15, 0.2) is 48.5 Å². The highest BCUT2D eigenvalue weighted by Crippen LogP contribution is 2.20. The lowest BCUT2D eigenvalue weighted by Crippen LogP contribution is -2.60. The average Bonchev–Trinajstić information content (AvgIpc) is 2.77. The fourth-order valence-corrected chi connectivity index (χ4v) is 4.39. The number of hydrogen-bond acceptors (Lipinski definition) is 5. The topological polar surface area (TPSA) is 68.6 Å². The zero-order valence-electron chi connectivity index (χ0n) is 17.5. The third-order valence-electron chi connectivity index (χ3n) is 5.80. The van der Waals surface area contributed by atoms with E-state index in [9.17, 15) is 4.79 Å². The van der Waals surface area contributed by atoms with Gasteiger partial charge in [0.15, 0.2) is 0 Å². The molecule has 2 saturated heterocycles. The Bertz CT molecular complexity index is 912. The average molecular weight is 439 g/mol. The predicted octanol–water partition coefficient (Wildman–Crippen LogP) is 2.46. The van der Waals surface area contributed by atoms with E-state index in [0.29, 0.717) is 18.7 Å². The third-order valence-corrected chi connectivity index (χ3v) is 6.05. The van der Waals surface area contributed by atoms with Gasteiger partial charge in [-0.3, -0.25) is 14.6 Å². The molecule has 0 aliphatic carbocycles. The van der Waals surface area contributed by atoms with Crippen LogP contribution in [0.3, 0.4) is 0 Å². The molecule has 2 fully saturated rings. The largest absolute Gasteiger partial charge is 0.370 e. The van der Waals surface area contributed by atoms with Crippen LogP contribution in [-0.2, 0) is 22.5 Å². The predicted molar refractivity (Wildman–Crippen MR) is 120 cm³/mol. The van der Waals surface area contributed by atoms with Crippen molar-refractivity contribution in [3.63, 3.8) is 0 Å². The summed E-state index contributed by atoms with van der Waals surface area (Å²) in [5, 5.41) is 12.6. The first-order chi connectivity index (χ1) is 15.1. The molecule has 31 heavy (non-hydrogen) atoms. The van der Waals surface area contributed by atoms with Gasteiger partial charge in [-0.2, -0.15) is 5.26 Å². The van der Waals surface area contributed by atoms with Gasteiger partial charge in [0.2, 0.25) is 5.91 Å². The highest BCUT2D eigenvalue weighted by atomic mass is 35.5. The Labute approximate surface area is 188 Å². The van der Waals surface area contributed by atoms with Gasteiger partial charge in [-0.05, 0) is 41.8 Å². The van der Waals surface area contributed by atoms with Crippen LogP contribution in [-0.4, -0.2) is 67.2 Å². The molecule has 1 amide bonds. The Morgan fingerprint density at radius 3 is 2.26 bits per heavy atom. The number of benzene rings is 2. The van der Waals surface area contributed by atoms with Gasteiger partial charge in [0, 0.05) is 44.3 Å². The minimum absolute atomic E-state index is 0.0175. The monoisotopic (exact) mass is 438 g/mol. The highest BCUT2D eigenvalue weighted by molar-refractivity contribution is 6.30. The maximum Gasteiger partial charge on any atom is 0.234 e. The van der Waals surface area contributed by atoms with Crippen LogP contribution in [0.4, 0.5) is 0 Å². The van der Waals surface area contributed by atoms with Gasteiger partial charge in [0.05, 0.1) is 30.4 Å². The lowest BCUT2D eigenvalue weighted by atomic mass is 10.1. The summed E-state index contributed by atoms with van der Waals surface area (Å²) in [4.78, 5) is 17.1. The van der Waals surface area contributed by atoms with Crippen molar-refractivity contribution < 1.29 is 9.53 Å². The molecule has 7 heteroatoms. The van der Waals surface area contributed by atoms with Gasteiger partial charge in [0.1, 0.15) is 0 Å². The van der Waals surface area contributed by atoms with Crippen molar-refractivity contribution in [2.45, 2.75) is 25.2 Å². The van der Waals surface area contributed by atoms with E-state index in [1.807, 2.05) is 24.3 Å². The summed E-state index contributed by atoms with van der Waals surface area (Å²) in [6, 6.07) is 17.4. The molecule has 2 aliphatic rings. The number of fused-ring (bicyclic) bond motifs is 2. The van der Waals surface area contributed by atoms with Gasteiger partial charge in [-0.25, -0.2) is 0 Å². The van der Waals surface area contributed by atoms with Crippen molar-refractivity contribution in [2.75, 3.05) is 39.3 Å². The Morgan fingerprint density at radius 2 is 1.61 bits per heavy atom. The summed E-state index contributed by atoms with van der Waals surface area (Å²) in [6.45, 7) is 5.21. The van der Waals surface area contributed by atoms with Crippen LogP contribution in [0, 0.1) is 11.3 Å². The van der Waals surface area contributed by atoms with Crippen LogP contribution in [0.2, 0.25) is 5.02 Å². The number of nitriles is 1. The summed E-state index contributed by atoms with van der Waals surface area (Å²) in [5.41, 5.74) is 2.90. The quantitative estimate of drug-likeness (QED) is 0.719. The molecule has 2 aromatic rings. The number of nitrogens with zero attached hydrogens (tertiary/aromatic N) is 3. The molecule has 2 atom stereocenters. The van der Waals surface area contributed by atoms with Crippen molar-refractivity contribution in [1.29, 1.82) is 5.26 Å². The molecule has 4 rings (SSSR count). The minimum atomic E-state index is 0.0175. The molecule has 2 unspecified atom stereocenters. The van der Waals surface area contributed by atoms with Crippen molar-refractivity contribution in [2.24, 2.45) is 0 Å². The van der Waals surface area contributed by atoms with E-state index in [-0.39, 0.29) is 18.1 Å². The van der Waals surface area contributed by atoms with Crippen LogP contribution in [0.25, 0.3) is 0 Å². The number of carbonyl (C=O) groups is 1. The number of carbonyl (C=O) groups excluding carboxylic acids is 1. The Balaban J connectivity index is 1.20. The van der Waals surface area contributed by atoms with Gasteiger partial charge >= 0.3 is 0 Å². The summed E-state index contributed by atoms with van der Waals surface area (Å²) >= 11 is 5.97. The molecule has 0 spiro atoms. The summed E-state index contributed by atoms with van der Waals surface area (Å²) in [6.07, 6.45) is 1.28. The van der Waals surface area contributed by atoms with Gasteiger partial charge in [-0.1, -0.05) is 35.9 Å². The Hall–Kier alpha value is -2.43. The number of amides is 1. The first-order valence-electron chi connectivity index (χ1n) is 10.7. The normalized spacial score (nSPS) is 21.4. The molecule has 1 N–H and O–H groups in total. The maximum absolute atomic E-state index is 12.4. The number of nitrogens with one attached hydrogen (secondary N) is 1. The third kappa shape index (κ3) is 6.28. The highest BCUT2D eigenvalue weighted by Gasteiger charge is 2.35. The van der Waals surface area contributed by atoms with Gasteiger partial charge < -0.3 is 10.1 Å². The molecule has 0 radical (unpaired) electrons. The molecule has 2 heterocycles. The molecule has 0 saturated carbocycles. The number of morpholine rings is 2. The number of ether oxygens (including phenoxy) is 1. The summed E-state index contributed by atoms with van der Waals surface area (Å²) in [5.74, 6) is 0.0175. The second kappa shape index (κ2) is 10.3. The van der Waals surface area contributed by atoms with Gasteiger partial charge in [-0.15, -0.1) is 0 Å². The summed E-state index contributed by atoms with van der Waals surface area (Å²) in [7, 11) is 0. The molecular formula is C24H27ClN4O2. The zero-order chi connectivity index (χ0) is 21.6. The minimum Gasteiger partial charge on any atom is -0.370 e. The lowest BCUT2D eigenvalue weighted by molar-refractivity contribution is -0.144. The number of halogens is 1. The lowest BCUT2D eigenvalue weighted by Gasteiger charge is -2.45. The van der Waals surface area contributed by atoms with Crippen molar-refractivity contribution in [3.8, 4) is 6.07 Å². The smallest absolute Gasteiger partial charge is 0.234 e.